The fourth-order valence-corrected chi connectivity index (χ4v) is 1.42. The minimum atomic E-state index is 0.247. The highest BCUT2D eigenvalue weighted by atomic mass is 16.1. The van der Waals surface area contributed by atoms with E-state index >= 15 is 0 Å². The zero-order valence-electron chi connectivity index (χ0n) is 7.18. The fraction of sp³-hybridized carbons (Fsp3) is 0.667. The van der Waals surface area contributed by atoms with E-state index in [0.29, 0.717) is 11.6 Å². The predicted molar refractivity (Wildman–Crippen MR) is 45.4 cm³/mol. The number of ketones is 1. The molecule has 0 aromatic carbocycles. The highest BCUT2D eigenvalue weighted by Crippen LogP contribution is 2.29. The first-order chi connectivity index (χ1) is 5.15. The molecule has 0 aromatic heterocycles. The van der Waals surface area contributed by atoms with Gasteiger partial charge in [-0.3, -0.25) is 4.79 Å². The van der Waals surface area contributed by atoms with Crippen LogP contribution in [-0.2, 0) is 4.79 Å². The lowest BCUT2D eigenvalue weighted by atomic mass is 9.76. The van der Waals surface area contributed by atoms with Gasteiger partial charge in [0.25, 0.3) is 0 Å². The van der Waals surface area contributed by atoms with Crippen LogP contribution in [0.5, 0.6) is 0 Å². The third kappa shape index (κ3) is 1.69. The highest BCUT2D eigenvalue weighted by molar-refractivity contribution is 5.96. The number of hydrogen-bond donors (Lipinski definition) is 1. The monoisotopic (exact) mass is 153 g/mol. The molecular weight excluding hydrogens is 138 g/mol. The molecule has 1 saturated carbocycles. The van der Waals surface area contributed by atoms with Crippen LogP contribution in [0.3, 0.4) is 0 Å². The van der Waals surface area contributed by atoms with E-state index in [0.717, 1.165) is 12.8 Å². The number of Topliss-reactive ketones (excluding diaryl/α,β-unsaturated/α-hetero) is 1. The van der Waals surface area contributed by atoms with E-state index < -0.39 is 0 Å². The average Bonchev–Trinajstić information content (AvgIpc) is 1.85. The maximum atomic E-state index is 11.3. The lowest BCUT2D eigenvalue weighted by Crippen LogP contribution is -2.42. The van der Waals surface area contributed by atoms with Gasteiger partial charge in [0.15, 0.2) is 5.78 Å². The van der Waals surface area contributed by atoms with E-state index in [1.165, 1.54) is 0 Å². The van der Waals surface area contributed by atoms with Crippen LogP contribution in [0.15, 0.2) is 12.2 Å². The SMILES string of the molecule is C=C(C)C(=O)C1CC(NC)C1. The Labute approximate surface area is 67.7 Å². The molecule has 0 aliphatic heterocycles. The number of rotatable bonds is 3. The van der Waals surface area contributed by atoms with Gasteiger partial charge >= 0.3 is 0 Å². The number of carbonyl (C=O) groups excluding carboxylic acids is 1. The van der Waals surface area contributed by atoms with Crippen molar-refractivity contribution in [3.05, 3.63) is 12.2 Å². The van der Waals surface area contributed by atoms with Gasteiger partial charge < -0.3 is 5.32 Å². The summed E-state index contributed by atoms with van der Waals surface area (Å²) in [6.45, 7) is 5.43. The van der Waals surface area contributed by atoms with Crippen molar-refractivity contribution in [2.24, 2.45) is 5.92 Å². The first-order valence-electron chi connectivity index (χ1n) is 4.02. The zero-order valence-corrected chi connectivity index (χ0v) is 7.18. The lowest BCUT2D eigenvalue weighted by Gasteiger charge is -2.33. The Morgan fingerprint density at radius 2 is 2.09 bits per heavy atom. The quantitative estimate of drug-likeness (QED) is 0.616. The third-order valence-electron chi connectivity index (χ3n) is 2.34. The predicted octanol–water partition coefficient (Wildman–Crippen LogP) is 1.13. The Morgan fingerprint density at radius 3 is 2.45 bits per heavy atom. The Kier molecular flexibility index (Phi) is 2.45. The van der Waals surface area contributed by atoms with Gasteiger partial charge in [0, 0.05) is 12.0 Å². The molecule has 11 heavy (non-hydrogen) atoms. The van der Waals surface area contributed by atoms with E-state index in [-0.39, 0.29) is 11.7 Å². The second-order valence-corrected chi connectivity index (χ2v) is 3.30. The Morgan fingerprint density at radius 1 is 1.55 bits per heavy atom. The molecule has 1 aliphatic carbocycles. The van der Waals surface area contributed by atoms with Crippen LogP contribution in [0, 0.1) is 5.92 Å². The summed E-state index contributed by atoms with van der Waals surface area (Å²) < 4.78 is 0. The van der Waals surface area contributed by atoms with Gasteiger partial charge in [0.2, 0.25) is 0 Å². The van der Waals surface area contributed by atoms with Crippen LogP contribution in [0.2, 0.25) is 0 Å². The summed E-state index contributed by atoms with van der Waals surface area (Å²) in [6.07, 6.45) is 1.98. The van der Waals surface area contributed by atoms with Crippen molar-refractivity contribution in [2.75, 3.05) is 7.05 Å². The molecule has 0 aromatic rings. The molecule has 0 atom stereocenters. The van der Waals surface area contributed by atoms with E-state index in [4.69, 9.17) is 0 Å². The normalized spacial score (nSPS) is 29.3. The minimum Gasteiger partial charge on any atom is -0.317 e. The van der Waals surface area contributed by atoms with Gasteiger partial charge in [-0.05, 0) is 32.4 Å². The molecule has 0 heterocycles. The summed E-state index contributed by atoms with van der Waals surface area (Å²) in [4.78, 5) is 11.3. The largest absolute Gasteiger partial charge is 0.317 e. The smallest absolute Gasteiger partial charge is 0.161 e. The van der Waals surface area contributed by atoms with Crippen molar-refractivity contribution in [1.82, 2.24) is 5.32 Å². The molecule has 2 nitrogen and oxygen atoms in total. The third-order valence-corrected chi connectivity index (χ3v) is 2.34. The van der Waals surface area contributed by atoms with Crippen LogP contribution in [0.4, 0.5) is 0 Å². The molecule has 0 amide bonds. The lowest BCUT2D eigenvalue weighted by molar-refractivity contribution is -0.122. The number of nitrogens with one attached hydrogen (secondary N) is 1. The molecule has 1 N–H and O–H groups in total. The molecule has 0 unspecified atom stereocenters. The second-order valence-electron chi connectivity index (χ2n) is 3.30. The Hall–Kier alpha value is -0.630. The standard InChI is InChI=1S/C9H15NO/c1-6(2)9(11)7-4-8(5-7)10-3/h7-8,10H,1,4-5H2,2-3H3. The summed E-state index contributed by atoms with van der Waals surface area (Å²) >= 11 is 0. The molecule has 1 aliphatic rings. The van der Waals surface area contributed by atoms with Gasteiger partial charge in [-0.15, -0.1) is 0 Å². The van der Waals surface area contributed by atoms with Gasteiger partial charge in [-0.25, -0.2) is 0 Å². The van der Waals surface area contributed by atoms with Crippen molar-refractivity contribution < 1.29 is 4.79 Å². The number of hydrogen-bond acceptors (Lipinski definition) is 2. The van der Waals surface area contributed by atoms with Crippen LogP contribution >= 0.6 is 0 Å². The molecule has 0 bridgehead atoms. The van der Waals surface area contributed by atoms with Gasteiger partial charge in [-0.2, -0.15) is 0 Å². The Balaban J connectivity index is 2.32. The maximum absolute atomic E-state index is 11.3. The van der Waals surface area contributed by atoms with Gasteiger partial charge in [0.1, 0.15) is 0 Å². The minimum absolute atomic E-state index is 0.247. The summed E-state index contributed by atoms with van der Waals surface area (Å²) in [7, 11) is 1.94. The van der Waals surface area contributed by atoms with E-state index in [1.807, 2.05) is 7.05 Å². The first-order valence-corrected chi connectivity index (χ1v) is 4.02. The first kappa shape index (κ1) is 8.47. The summed E-state index contributed by atoms with van der Waals surface area (Å²) in [5.74, 6) is 0.501. The van der Waals surface area contributed by atoms with Crippen molar-refractivity contribution >= 4 is 5.78 Å². The summed E-state index contributed by atoms with van der Waals surface area (Å²) in [5.41, 5.74) is 0.699. The molecule has 0 saturated heterocycles. The van der Waals surface area contributed by atoms with Crippen molar-refractivity contribution in [1.29, 1.82) is 0 Å². The second kappa shape index (κ2) is 3.18. The molecular formula is C9H15NO. The van der Waals surface area contributed by atoms with Crippen molar-refractivity contribution in [3.8, 4) is 0 Å². The Bertz CT molecular complexity index is 180. The average molecular weight is 153 g/mol. The van der Waals surface area contributed by atoms with Crippen LogP contribution in [0.25, 0.3) is 0 Å². The number of carbonyl (C=O) groups is 1. The molecule has 0 spiro atoms. The molecule has 1 rings (SSSR count). The number of allylic oxidation sites excluding steroid dienone is 1. The zero-order chi connectivity index (χ0) is 8.43. The van der Waals surface area contributed by atoms with Crippen molar-refractivity contribution in [3.63, 3.8) is 0 Å². The van der Waals surface area contributed by atoms with E-state index in [2.05, 4.69) is 11.9 Å². The van der Waals surface area contributed by atoms with E-state index in [9.17, 15) is 4.79 Å². The maximum Gasteiger partial charge on any atom is 0.161 e. The fourth-order valence-electron chi connectivity index (χ4n) is 1.42. The van der Waals surface area contributed by atoms with Crippen molar-refractivity contribution in [2.45, 2.75) is 25.8 Å². The molecule has 1 fully saturated rings. The van der Waals surface area contributed by atoms with Crippen LogP contribution in [-0.4, -0.2) is 18.9 Å². The topological polar surface area (TPSA) is 29.1 Å². The summed E-state index contributed by atoms with van der Waals surface area (Å²) in [5, 5.41) is 3.14. The van der Waals surface area contributed by atoms with Crippen LogP contribution in [0.1, 0.15) is 19.8 Å². The molecule has 2 heteroatoms. The summed E-state index contributed by atoms with van der Waals surface area (Å²) in [6, 6.07) is 0.559. The van der Waals surface area contributed by atoms with Gasteiger partial charge in [0.05, 0.1) is 0 Å². The highest BCUT2D eigenvalue weighted by Gasteiger charge is 2.33. The van der Waals surface area contributed by atoms with Gasteiger partial charge in [-0.1, -0.05) is 6.58 Å². The molecule has 62 valence electrons. The van der Waals surface area contributed by atoms with Crippen LogP contribution < -0.4 is 5.32 Å². The van der Waals surface area contributed by atoms with E-state index in [1.54, 1.807) is 6.92 Å². The molecule has 0 radical (unpaired) electrons.